The molecule has 4 nitrogen and oxygen atoms in total. The molecule has 1 aliphatic rings. The summed E-state index contributed by atoms with van der Waals surface area (Å²) in [5.41, 5.74) is -0.442. The first kappa shape index (κ1) is 13.8. The van der Waals surface area contributed by atoms with Crippen LogP contribution in [-0.4, -0.2) is 17.7 Å². The number of alkyl carbamates (subject to hydrolysis) is 1. The molecule has 0 saturated heterocycles. The molecule has 0 aromatic heterocycles. The van der Waals surface area contributed by atoms with Crippen molar-refractivity contribution in [3.05, 3.63) is 0 Å². The Morgan fingerprint density at radius 1 is 1.35 bits per heavy atom. The zero-order valence-corrected chi connectivity index (χ0v) is 11.0. The van der Waals surface area contributed by atoms with E-state index in [1.165, 1.54) is 0 Å². The number of ether oxygens (including phenoxy) is 1. The first-order chi connectivity index (χ1) is 7.90. The van der Waals surface area contributed by atoms with Gasteiger partial charge in [-0.05, 0) is 52.4 Å². The molecule has 1 amide bonds. The summed E-state index contributed by atoms with van der Waals surface area (Å²) in [5, 5.41) is 11.5. The van der Waals surface area contributed by atoms with Gasteiger partial charge in [-0.3, -0.25) is 0 Å². The van der Waals surface area contributed by atoms with Crippen LogP contribution in [0.3, 0.4) is 0 Å². The SMILES string of the molecule is CC(C)(C)OC(=O)N[C@H]1CC[C@@H](CC#N)CC1. The molecule has 4 heteroatoms. The standard InChI is InChI=1S/C13H22N2O2/c1-13(2,3)17-12(16)15-11-6-4-10(5-7-11)8-9-14/h10-11H,4-8H2,1-3H3,(H,15,16)/t10-,11+. The molecule has 0 spiro atoms. The van der Waals surface area contributed by atoms with Crippen molar-refractivity contribution in [1.29, 1.82) is 5.26 Å². The van der Waals surface area contributed by atoms with Crippen molar-refractivity contribution in [2.75, 3.05) is 0 Å². The van der Waals surface area contributed by atoms with Crippen LogP contribution in [0.15, 0.2) is 0 Å². The Kier molecular flexibility index (Phi) is 4.80. The van der Waals surface area contributed by atoms with Crippen molar-refractivity contribution in [1.82, 2.24) is 5.32 Å². The Morgan fingerprint density at radius 3 is 2.41 bits per heavy atom. The third-order valence-corrected chi connectivity index (χ3v) is 2.95. The van der Waals surface area contributed by atoms with E-state index in [1.54, 1.807) is 0 Å². The highest BCUT2D eigenvalue weighted by molar-refractivity contribution is 5.68. The topological polar surface area (TPSA) is 62.1 Å². The van der Waals surface area contributed by atoms with E-state index in [1.807, 2.05) is 20.8 Å². The molecule has 0 heterocycles. The molecule has 17 heavy (non-hydrogen) atoms. The molecule has 1 fully saturated rings. The monoisotopic (exact) mass is 238 g/mol. The summed E-state index contributed by atoms with van der Waals surface area (Å²) >= 11 is 0. The molecule has 0 radical (unpaired) electrons. The van der Waals surface area contributed by atoms with Crippen LogP contribution in [0.25, 0.3) is 0 Å². The van der Waals surface area contributed by atoms with Gasteiger partial charge in [0, 0.05) is 12.5 Å². The highest BCUT2D eigenvalue weighted by atomic mass is 16.6. The number of amides is 1. The Bertz CT molecular complexity index is 294. The second-order valence-corrected chi connectivity index (χ2v) is 5.73. The van der Waals surface area contributed by atoms with Crippen LogP contribution in [0.2, 0.25) is 0 Å². The maximum atomic E-state index is 11.5. The van der Waals surface area contributed by atoms with Crippen molar-refractivity contribution >= 4 is 6.09 Å². The Hall–Kier alpha value is -1.24. The van der Waals surface area contributed by atoms with E-state index >= 15 is 0 Å². The minimum Gasteiger partial charge on any atom is -0.444 e. The number of nitrogens with one attached hydrogen (secondary N) is 1. The second-order valence-electron chi connectivity index (χ2n) is 5.73. The molecule has 1 rings (SSSR count). The van der Waals surface area contributed by atoms with Crippen LogP contribution < -0.4 is 5.32 Å². The minimum atomic E-state index is -0.442. The molecule has 0 aliphatic heterocycles. The predicted molar refractivity (Wildman–Crippen MR) is 65.3 cm³/mol. The highest BCUT2D eigenvalue weighted by Gasteiger charge is 2.24. The zero-order valence-electron chi connectivity index (χ0n) is 11.0. The van der Waals surface area contributed by atoms with Crippen LogP contribution in [0, 0.1) is 17.2 Å². The van der Waals surface area contributed by atoms with Crippen LogP contribution in [0.1, 0.15) is 52.9 Å². The van der Waals surface area contributed by atoms with Gasteiger partial charge in [-0.15, -0.1) is 0 Å². The molecule has 0 bridgehead atoms. The van der Waals surface area contributed by atoms with Gasteiger partial charge in [0.1, 0.15) is 5.60 Å². The largest absolute Gasteiger partial charge is 0.444 e. The summed E-state index contributed by atoms with van der Waals surface area (Å²) < 4.78 is 5.21. The normalized spacial score (nSPS) is 24.8. The fourth-order valence-electron chi connectivity index (χ4n) is 2.11. The molecular formula is C13H22N2O2. The van der Waals surface area contributed by atoms with Crippen molar-refractivity contribution in [3.8, 4) is 6.07 Å². The van der Waals surface area contributed by atoms with Crippen LogP contribution >= 0.6 is 0 Å². The highest BCUT2D eigenvalue weighted by Crippen LogP contribution is 2.26. The maximum Gasteiger partial charge on any atom is 0.407 e. The summed E-state index contributed by atoms with van der Waals surface area (Å²) in [6, 6.07) is 2.42. The minimum absolute atomic E-state index is 0.208. The average Bonchev–Trinajstić information content (AvgIpc) is 2.18. The zero-order chi connectivity index (χ0) is 12.9. The number of carbonyl (C=O) groups is 1. The lowest BCUT2D eigenvalue weighted by molar-refractivity contribution is 0.0487. The van der Waals surface area contributed by atoms with Gasteiger partial charge in [0.2, 0.25) is 0 Å². The Labute approximate surface area is 103 Å². The third kappa shape index (κ3) is 5.58. The summed E-state index contributed by atoms with van der Waals surface area (Å²) in [5.74, 6) is 0.511. The summed E-state index contributed by atoms with van der Waals surface area (Å²) in [6.07, 6.45) is 4.25. The molecular weight excluding hydrogens is 216 g/mol. The van der Waals surface area contributed by atoms with E-state index in [0.29, 0.717) is 12.3 Å². The fraction of sp³-hybridized carbons (Fsp3) is 0.846. The van der Waals surface area contributed by atoms with Gasteiger partial charge in [0.25, 0.3) is 0 Å². The van der Waals surface area contributed by atoms with Crippen LogP contribution in [-0.2, 0) is 4.74 Å². The van der Waals surface area contributed by atoms with E-state index in [2.05, 4.69) is 11.4 Å². The summed E-state index contributed by atoms with van der Waals surface area (Å²) in [7, 11) is 0. The van der Waals surface area contributed by atoms with E-state index < -0.39 is 5.60 Å². The van der Waals surface area contributed by atoms with Crippen molar-refractivity contribution in [2.24, 2.45) is 5.92 Å². The first-order valence-corrected chi connectivity index (χ1v) is 6.27. The lowest BCUT2D eigenvalue weighted by Gasteiger charge is -2.29. The Morgan fingerprint density at radius 2 is 1.94 bits per heavy atom. The predicted octanol–water partition coefficient (Wildman–Crippen LogP) is 2.98. The molecule has 0 aromatic carbocycles. The molecule has 96 valence electrons. The van der Waals surface area contributed by atoms with Gasteiger partial charge in [-0.1, -0.05) is 0 Å². The van der Waals surface area contributed by atoms with Gasteiger partial charge < -0.3 is 10.1 Å². The maximum absolute atomic E-state index is 11.5. The average molecular weight is 238 g/mol. The van der Waals surface area contributed by atoms with Gasteiger partial charge in [-0.25, -0.2) is 4.79 Å². The number of hydrogen-bond acceptors (Lipinski definition) is 3. The van der Waals surface area contributed by atoms with E-state index in [4.69, 9.17) is 10.00 Å². The van der Waals surface area contributed by atoms with Crippen LogP contribution in [0.4, 0.5) is 4.79 Å². The lowest BCUT2D eigenvalue weighted by Crippen LogP contribution is -2.40. The smallest absolute Gasteiger partial charge is 0.407 e. The number of nitrogens with zero attached hydrogens (tertiary/aromatic N) is 1. The van der Waals surface area contributed by atoms with Gasteiger partial charge >= 0.3 is 6.09 Å². The molecule has 1 saturated carbocycles. The van der Waals surface area contributed by atoms with Crippen molar-refractivity contribution in [2.45, 2.75) is 64.5 Å². The van der Waals surface area contributed by atoms with E-state index in [9.17, 15) is 4.79 Å². The summed E-state index contributed by atoms with van der Waals surface area (Å²) in [6.45, 7) is 5.57. The fourth-order valence-corrected chi connectivity index (χ4v) is 2.11. The van der Waals surface area contributed by atoms with E-state index in [0.717, 1.165) is 25.7 Å². The van der Waals surface area contributed by atoms with Gasteiger partial charge in [-0.2, -0.15) is 5.26 Å². The van der Waals surface area contributed by atoms with E-state index in [-0.39, 0.29) is 12.1 Å². The number of rotatable bonds is 2. The second kappa shape index (κ2) is 5.90. The molecule has 0 unspecified atom stereocenters. The molecule has 1 N–H and O–H groups in total. The molecule has 0 aromatic rings. The third-order valence-electron chi connectivity index (χ3n) is 2.95. The lowest BCUT2D eigenvalue weighted by atomic mass is 9.84. The van der Waals surface area contributed by atoms with Crippen molar-refractivity contribution < 1.29 is 9.53 Å². The molecule has 0 atom stereocenters. The first-order valence-electron chi connectivity index (χ1n) is 6.27. The quantitative estimate of drug-likeness (QED) is 0.804. The van der Waals surface area contributed by atoms with Gasteiger partial charge in [0.15, 0.2) is 0 Å². The van der Waals surface area contributed by atoms with Crippen molar-refractivity contribution in [3.63, 3.8) is 0 Å². The number of carbonyl (C=O) groups excluding carboxylic acids is 1. The number of hydrogen-bond donors (Lipinski definition) is 1. The van der Waals surface area contributed by atoms with Crippen LogP contribution in [0.5, 0.6) is 0 Å². The summed E-state index contributed by atoms with van der Waals surface area (Å²) in [4.78, 5) is 11.5. The molecule has 1 aliphatic carbocycles. The van der Waals surface area contributed by atoms with Gasteiger partial charge in [0.05, 0.1) is 6.07 Å². The number of nitriles is 1. The Balaban J connectivity index is 2.27.